The van der Waals surface area contributed by atoms with E-state index in [0.29, 0.717) is 68.8 Å². The quantitative estimate of drug-likeness (QED) is 0.0848. The van der Waals surface area contributed by atoms with E-state index in [1.54, 1.807) is 64.9 Å². The zero-order valence-electron chi connectivity index (χ0n) is 31.3. The summed E-state index contributed by atoms with van der Waals surface area (Å²) in [5.74, 6) is 0.411. The number of nitrogens with one attached hydrogen (secondary N) is 3. The third-order valence-electron chi connectivity index (χ3n) is 7.57. The summed E-state index contributed by atoms with van der Waals surface area (Å²) >= 11 is 2.21. The highest BCUT2D eigenvalue weighted by molar-refractivity contribution is 14.1. The Morgan fingerprint density at radius 1 is 0.865 bits per heavy atom. The van der Waals surface area contributed by atoms with Gasteiger partial charge in [-0.05, 0) is 120 Å². The van der Waals surface area contributed by atoms with Crippen LogP contribution in [0.25, 0.3) is 5.65 Å². The van der Waals surface area contributed by atoms with Crippen LogP contribution in [0, 0.1) is 3.70 Å². The predicted molar refractivity (Wildman–Crippen MR) is 207 cm³/mol. The van der Waals surface area contributed by atoms with Gasteiger partial charge in [-0.25, -0.2) is 24.4 Å². The van der Waals surface area contributed by atoms with Crippen LogP contribution in [0.5, 0.6) is 0 Å². The lowest BCUT2D eigenvalue weighted by Gasteiger charge is -2.28. The van der Waals surface area contributed by atoms with E-state index in [2.05, 4.69) is 48.5 Å². The lowest BCUT2D eigenvalue weighted by molar-refractivity contribution is 0.0243. The highest BCUT2D eigenvalue weighted by atomic mass is 127. The number of carbonyl (C=O) groups excluding carboxylic acids is 3. The average molecular weight is 837 g/mol. The average Bonchev–Trinajstić information content (AvgIpc) is 3.44. The van der Waals surface area contributed by atoms with Crippen molar-refractivity contribution in [2.45, 2.75) is 91.8 Å². The first-order valence-corrected chi connectivity index (χ1v) is 18.6. The molecule has 286 valence electrons. The number of amides is 4. The van der Waals surface area contributed by atoms with Gasteiger partial charge in [-0.15, -0.1) is 0 Å². The largest absolute Gasteiger partial charge is 0.465 e. The SMILES string of the molecule is CCc1cc(Nc2nccn3c(I)cnc23)ccc1C(=O)NCCCN(CCCCN(CCCNC(=O)OC(C)(C)C)C(=O)O)C(=O)OC(C)(C)C. The van der Waals surface area contributed by atoms with Crippen LogP contribution in [0.15, 0.2) is 36.8 Å². The van der Waals surface area contributed by atoms with Crippen LogP contribution in [0.2, 0.25) is 0 Å². The third kappa shape index (κ3) is 14.0. The molecule has 15 nitrogen and oxygen atoms in total. The number of unbranched alkanes of at least 4 members (excludes halogenated alkanes) is 1. The van der Waals surface area contributed by atoms with Crippen molar-refractivity contribution >= 4 is 63.9 Å². The number of imidazole rings is 1. The second kappa shape index (κ2) is 19.5. The van der Waals surface area contributed by atoms with Crippen LogP contribution in [-0.4, -0.2) is 104 Å². The molecule has 0 spiro atoms. The van der Waals surface area contributed by atoms with Crippen molar-refractivity contribution in [1.82, 2.24) is 34.8 Å². The molecule has 0 aliphatic heterocycles. The Morgan fingerprint density at radius 2 is 1.48 bits per heavy atom. The molecule has 3 aromatic rings. The third-order valence-corrected chi connectivity index (χ3v) is 8.37. The second-order valence-corrected chi connectivity index (χ2v) is 15.3. The Labute approximate surface area is 319 Å². The van der Waals surface area contributed by atoms with Gasteiger partial charge in [-0.1, -0.05) is 6.92 Å². The normalized spacial score (nSPS) is 11.5. The van der Waals surface area contributed by atoms with Gasteiger partial charge in [-0.2, -0.15) is 0 Å². The number of halogens is 1. The van der Waals surface area contributed by atoms with Gasteiger partial charge in [0.1, 0.15) is 14.9 Å². The number of alkyl carbamates (subject to hydrolysis) is 1. The summed E-state index contributed by atoms with van der Waals surface area (Å²) in [4.78, 5) is 61.6. The van der Waals surface area contributed by atoms with Crippen molar-refractivity contribution in [3.8, 4) is 0 Å². The molecule has 0 unspecified atom stereocenters. The van der Waals surface area contributed by atoms with Crippen molar-refractivity contribution in [3.63, 3.8) is 0 Å². The summed E-state index contributed by atoms with van der Waals surface area (Å²) in [6, 6.07) is 5.56. The van der Waals surface area contributed by atoms with Crippen molar-refractivity contribution in [1.29, 1.82) is 0 Å². The van der Waals surface area contributed by atoms with Gasteiger partial charge in [-0.3, -0.25) is 9.20 Å². The van der Waals surface area contributed by atoms with Crippen LogP contribution in [-0.2, 0) is 15.9 Å². The molecule has 2 heterocycles. The fourth-order valence-corrected chi connectivity index (χ4v) is 5.70. The molecule has 0 aliphatic rings. The smallest absolute Gasteiger partial charge is 0.410 e. The van der Waals surface area contributed by atoms with Gasteiger partial charge in [0.2, 0.25) is 0 Å². The van der Waals surface area contributed by atoms with Crippen molar-refractivity contribution in [2.24, 2.45) is 0 Å². The fourth-order valence-electron chi connectivity index (χ4n) is 5.17. The Kier molecular flexibility index (Phi) is 15.8. The van der Waals surface area contributed by atoms with Crippen LogP contribution in [0.1, 0.15) is 90.1 Å². The molecule has 4 amide bonds. The first kappa shape index (κ1) is 42.1. The predicted octanol–water partition coefficient (Wildman–Crippen LogP) is 6.67. The Bertz CT molecular complexity index is 1670. The van der Waals surface area contributed by atoms with E-state index in [9.17, 15) is 24.3 Å². The maximum atomic E-state index is 13.2. The molecule has 0 saturated heterocycles. The number of ether oxygens (including phenoxy) is 2. The molecule has 0 fully saturated rings. The molecule has 3 rings (SSSR count). The monoisotopic (exact) mass is 836 g/mol. The van der Waals surface area contributed by atoms with Gasteiger partial charge < -0.3 is 40.3 Å². The summed E-state index contributed by atoms with van der Waals surface area (Å²) in [5, 5.41) is 18.6. The number of rotatable bonds is 17. The maximum absolute atomic E-state index is 13.2. The van der Waals surface area contributed by atoms with Gasteiger partial charge in [0.15, 0.2) is 11.5 Å². The molecule has 52 heavy (non-hydrogen) atoms. The molecule has 4 N–H and O–H groups in total. The number of fused-ring (bicyclic) bond motifs is 1. The van der Waals surface area contributed by atoms with Gasteiger partial charge in [0.05, 0.1) is 6.20 Å². The molecule has 16 heteroatoms. The second-order valence-electron chi connectivity index (χ2n) is 14.2. The summed E-state index contributed by atoms with van der Waals surface area (Å²) < 4.78 is 13.7. The number of anilines is 2. The molecular weight excluding hydrogens is 783 g/mol. The Hall–Kier alpha value is -4.35. The van der Waals surface area contributed by atoms with Gasteiger partial charge >= 0.3 is 18.3 Å². The number of aryl methyl sites for hydroxylation is 1. The van der Waals surface area contributed by atoms with E-state index in [1.807, 2.05) is 29.7 Å². The Morgan fingerprint density at radius 3 is 2.12 bits per heavy atom. The highest BCUT2D eigenvalue weighted by Crippen LogP contribution is 2.23. The number of carbonyl (C=O) groups is 4. The van der Waals surface area contributed by atoms with Crippen molar-refractivity contribution in [2.75, 3.05) is 44.6 Å². The number of nitrogens with zero attached hydrogens (tertiary/aromatic N) is 5. The van der Waals surface area contributed by atoms with Crippen LogP contribution in [0.4, 0.5) is 25.9 Å². The van der Waals surface area contributed by atoms with Crippen LogP contribution >= 0.6 is 22.6 Å². The number of carboxylic acid groups (broad SMARTS) is 1. The number of hydrogen-bond donors (Lipinski definition) is 4. The van der Waals surface area contributed by atoms with E-state index in [4.69, 9.17) is 9.47 Å². The minimum absolute atomic E-state index is 0.203. The highest BCUT2D eigenvalue weighted by Gasteiger charge is 2.22. The summed E-state index contributed by atoms with van der Waals surface area (Å²) in [7, 11) is 0. The molecule has 0 atom stereocenters. The minimum Gasteiger partial charge on any atom is -0.465 e. The van der Waals surface area contributed by atoms with E-state index in [1.165, 1.54) is 4.90 Å². The first-order valence-electron chi connectivity index (χ1n) is 17.6. The standard InChI is InChI=1S/C36H53IN8O7/c1-8-25-23-26(42-29-30-41-24-28(37)45(30)22-17-38-29)13-14-27(25)31(46)39-15-11-21-44(34(50)52-36(5,6)7)19-10-9-18-43(33(48)49)20-12-16-40-32(47)51-35(2,3)4/h13-14,17,22-24H,8-12,15-16,18-21H2,1-7H3,(H,38,42)(H,39,46)(H,40,47)(H,48,49). The summed E-state index contributed by atoms with van der Waals surface area (Å²) in [6.45, 7) is 14.6. The molecule has 2 aromatic heterocycles. The molecule has 1 aromatic carbocycles. The lowest BCUT2D eigenvalue weighted by atomic mass is 10.0. The molecule has 0 radical (unpaired) electrons. The molecule has 0 bridgehead atoms. The number of benzene rings is 1. The molecule has 0 saturated carbocycles. The molecular formula is C36H53IN8O7. The van der Waals surface area contributed by atoms with E-state index < -0.39 is 29.5 Å². The van der Waals surface area contributed by atoms with E-state index in [-0.39, 0.29) is 25.5 Å². The minimum atomic E-state index is -1.05. The van der Waals surface area contributed by atoms with Crippen LogP contribution in [0.3, 0.4) is 0 Å². The van der Waals surface area contributed by atoms with Gasteiger partial charge in [0.25, 0.3) is 5.91 Å². The summed E-state index contributed by atoms with van der Waals surface area (Å²) in [6.07, 6.45) is 5.92. The number of aromatic nitrogens is 3. The van der Waals surface area contributed by atoms with Crippen LogP contribution < -0.4 is 16.0 Å². The van der Waals surface area contributed by atoms with Gasteiger partial charge in [0, 0.05) is 62.9 Å². The Balaban J connectivity index is 1.49. The first-order chi connectivity index (χ1) is 24.5. The zero-order valence-corrected chi connectivity index (χ0v) is 33.4. The van der Waals surface area contributed by atoms with Crippen molar-refractivity contribution < 1.29 is 33.8 Å². The summed E-state index contributed by atoms with van der Waals surface area (Å²) in [5.41, 5.74) is 1.64. The lowest BCUT2D eigenvalue weighted by Crippen LogP contribution is -2.39. The molecule has 0 aliphatic carbocycles. The topological polar surface area (TPSA) is 180 Å². The maximum Gasteiger partial charge on any atom is 0.410 e. The van der Waals surface area contributed by atoms with Crippen molar-refractivity contribution in [3.05, 3.63) is 51.6 Å². The fraction of sp³-hybridized carbons (Fsp3) is 0.556. The van der Waals surface area contributed by atoms with E-state index >= 15 is 0 Å². The van der Waals surface area contributed by atoms with E-state index in [0.717, 1.165) is 15.0 Å². The zero-order chi connectivity index (χ0) is 38.5. The number of hydrogen-bond acceptors (Lipinski definition) is 9.